The fourth-order valence-electron chi connectivity index (χ4n) is 2.70. The van der Waals surface area contributed by atoms with E-state index in [4.69, 9.17) is 4.74 Å². The first-order valence-electron chi connectivity index (χ1n) is 5.81. The van der Waals surface area contributed by atoms with E-state index in [1.807, 2.05) is 12.3 Å². The molecule has 0 radical (unpaired) electrons. The smallest absolute Gasteiger partial charge is 0.212 e. The lowest BCUT2D eigenvalue weighted by molar-refractivity contribution is 0.217. The van der Waals surface area contributed by atoms with Crippen LogP contribution in [0.25, 0.3) is 0 Å². The molecule has 3 heterocycles. The molecule has 2 aliphatic rings. The Balaban J connectivity index is 0.00000108. The number of hydrogen-bond donors (Lipinski definition) is 1. The Morgan fingerprint density at radius 1 is 1.53 bits per heavy atom. The van der Waals surface area contributed by atoms with Crippen molar-refractivity contribution >= 4 is 0 Å². The highest BCUT2D eigenvalue weighted by Crippen LogP contribution is 2.25. The minimum Gasteiger partial charge on any atom is -0.481 e. The van der Waals surface area contributed by atoms with Crippen LogP contribution in [0.3, 0.4) is 0 Å². The van der Waals surface area contributed by atoms with Gasteiger partial charge in [0.25, 0.3) is 0 Å². The van der Waals surface area contributed by atoms with Crippen LogP contribution in [-0.2, 0) is 6.54 Å². The maximum atomic E-state index is 5.05. The van der Waals surface area contributed by atoms with Gasteiger partial charge in [-0.2, -0.15) is 0 Å². The molecule has 0 saturated carbocycles. The zero-order valence-electron chi connectivity index (χ0n) is 9.52. The lowest BCUT2D eigenvalue weighted by Gasteiger charge is -2.27. The molecule has 2 aliphatic heterocycles. The quantitative estimate of drug-likeness (QED) is 0.856. The Kier molecular flexibility index (Phi) is 3.64. The number of ether oxygens (including phenoxy) is 1. The number of aromatic nitrogens is 1. The second-order valence-electron chi connectivity index (χ2n) is 4.63. The van der Waals surface area contributed by atoms with Crippen LogP contribution < -0.4 is 10.1 Å². The first-order valence-corrected chi connectivity index (χ1v) is 5.81. The summed E-state index contributed by atoms with van der Waals surface area (Å²) < 4.78 is 5.05. The number of hydrogen-bond acceptors (Lipinski definition) is 4. The van der Waals surface area contributed by atoms with Gasteiger partial charge < -0.3 is 10.1 Å². The lowest BCUT2D eigenvalue weighted by Crippen LogP contribution is -2.42. The molecule has 2 fully saturated rings. The first kappa shape index (κ1) is 12.3. The third-order valence-electron chi connectivity index (χ3n) is 3.56. The molecule has 3 rings (SSSR count). The first-order chi connectivity index (χ1) is 7.85. The summed E-state index contributed by atoms with van der Waals surface area (Å²) in [5.41, 5.74) is 1.27. The molecule has 0 unspecified atom stereocenters. The van der Waals surface area contributed by atoms with Crippen molar-refractivity contribution in [2.24, 2.45) is 0 Å². The Bertz CT molecular complexity index is 365. The number of pyridine rings is 1. The molecule has 2 atom stereocenters. The SMILES string of the molecule is C.COc1ccc(CN2C[C@H]3C[C@@H]2CN3)cn1. The standard InChI is InChI=1S/C12H17N3O.CH4/c1-16-12-3-2-9(5-14-12)7-15-8-10-4-11(15)6-13-10;/h2-3,5,10-11,13H,4,6-8H2,1H3;1H4/t10-,11-;/m1./s1. The molecule has 0 aliphatic carbocycles. The van der Waals surface area contributed by atoms with Crippen molar-refractivity contribution in [1.29, 1.82) is 0 Å². The number of methoxy groups -OCH3 is 1. The Labute approximate surface area is 103 Å². The average molecular weight is 235 g/mol. The van der Waals surface area contributed by atoms with Gasteiger partial charge in [-0.3, -0.25) is 4.90 Å². The summed E-state index contributed by atoms with van der Waals surface area (Å²) in [6.07, 6.45) is 3.22. The van der Waals surface area contributed by atoms with Crippen LogP contribution in [0.2, 0.25) is 0 Å². The highest BCUT2D eigenvalue weighted by atomic mass is 16.5. The molecular weight excluding hydrogens is 214 g/mol. The number of likely N-dealkylation sites (tertiary alicyclic amines) is 1. The molecule has 1 aromatic rings. The largest absolute Gasteiger partial charge is 0.481 e. The fraction of sp³-hybridized carbons (Fsp3) is 0.615. The molecule has 4 nitrogen and oxygen atoms in total. The predicted molar refractivity (Wildman–Crippen MR) is 68.1 cm³/mol. The summed E-state index contributed by atoms with van der Waals surface area (Å²) in [7, 11) is 1.65. The normalized spacial score (nSPS) is 26.9. The van der Waals surface area contributed by atoms with Gasteiger partial charge in [0.2, 0.25) is 5.88 Å². The molecule has 1 N–H and O–H groups in total. The molecule has 0 aromatic carbocycles. The van der Waals surface area contributed by atoms with Gasteiger partial charge in [-0.25, -0.2) is 4.98 Å². The third-order valence-corrected chi connectivity index (χ3v) is 3.56. The van der Waals surface area contributed by atoms with Crippen molar-refractivity contribution < 1.29 is 4.74 Å². The fourth-order valence-corrected chi connectivity index (χ4v) is 2.70. The van der Waals surface area contributed by atoms with E-state index in [1.165, 1.54) is 18.5 Å². The summed E-state index contributed by atoms with van der Waals surface area (Å²) in [4.78, 5) is 6.78. The van der Waals surface area contributed by atoms with Gasteiger partial charge in [-0.05, 0) is 12.0 Å². The highest BCUT2D eigenvalue weighted by Gasteiger charge is 2.37. The van der Waals surface area contributed by atoms with Crippen LogP contribution in [0.15, 0.2) is 18.3 Å². The zero-order chi connectivity index (χ0) is 11.0. The minimum atomic E-state index is 0. The molecule has 0 amide bonds. The van der Waals surface area contributed by atoms with E-state index in [0.717, 1.165) is 25.2 Å². The molecule has 17 heavy (non-hydrogen) atoms. The van der Waals surface area contributed by atoms with Crippen LogP contribution in [0.5, 0.6) is 5.88 Å². The predicted octanol–water partition coefficient (Wildman–Crippen LogP) is 1.27. The minimum absolute atomic E-state index is 0. The van der Waals surface area contributed by atoms with Gasteiger partial charge in [0.1, 0.15) is 0 Å². The Morgan fingerprint density at radius 3 is 2.94 bits per heavy atom. The molecule has 0 spiro atoms. The van der Waals surface area contributed by atoms with E-state index in [1.54, 1.807) is 7.11 Å². The van der Waals surface area contributed by atoms with Crippen LogP contribution in [0.4, 0.5) is 0 Å². The van der Waals surface area contributed by atoms with E-state index in [0.29, 0.717) is 5.88 Å². The van der Waals surface area contributed by atoms with Gasteiger partial charge in [-0.1, -0.05) is 13.5 Å². The summed E-state index contributed by atoms with van der Waals surface area (Å²) in [5.74, 6) is 0.688. The number of fused-ring (bicyclic) bond motifs is 2. The highest BCUT2D eigenvalue weighted by molar-refractivity contribution is 5.18. The van der Waals surface area contributed by atoms with Crippen LogP contribution in [-0.4, -0.2) is 42.2 Å². The molecule has 4 heteroatoms. The lowest BCUT2D eigenvalue weighted by atomic mass is 10.2. The number of nitrogens with one attached hydrogen (secondary N) is 1. The van der Waals surface area contributed by atoms with E-state index in [-0.39, 0.29) is 7.43 Å². The van der Waals surface area contributed by atoms with Gasteiger partial charge in [-0.15, -0.1) is 0 Å². The molecule has 94 valence electrons. The molecule has 2 bridgehead atoms. The molecule has 1 aromatic heterocycles. The summed E-state index contributed by atoms with van der Waals surface area (Å²) in [6, 6.07) is 5.48. The van der Waals surface area contributed by atoms with Crippen molar-refractivity contribution in [1.82, 2.24) is 15.2 Å². The maximum absolute atomic E-state index is 5.05. The van der Waals surface area contributed by atoms with Crippen LogP contribution in [0.1, 0.15) is 19.4 Å². The van der Waals surface area contributed by atoms with Gasteiger partial charge in [0.15, 0.2) is 0 Å². The Morgan fingerprint density at radius 2 is 2.41 bits per heavy atom. The van der Waals surface area contributed by atoms with Crippen molar-refractivity contribution in [3.63, 3.8) is 0 Å². The topological polar surface area (TPSA) is 37.4 Å². The average Bonchev–Trinajstić information content (AvgIpc) is 2.92. The van der Waals surface area contributed by atoms with Crippen molar-refractivity contribution in [2.75, 3.05) is 20.2 Å². The third kappa shape index (κ3) is 2.42. The van der Waals surface area contributed by atoms with Crippen LogP contribution >= 0.6 is 0 Å². The number of nitrogens with zero attached hydrogens (tertiary/aromatic N) is 2. The van der Waals surface area contributed by atoms with Gasteiger partial charge in [0, 0.05) is 44.0 Å². The second kappa shape index (κ2) is 5.02. The van der Waals surface area contributed by atoms with E-state index in [2.05, 4.69) is 21.3 Å². The molecular formula is C13H21N3O. The zero-order valence-corrected chi connectivity index (χ0v) is 9.52. The van der Waals surface area contributed by atoms with Gasteiger partial charge >= 0.3 is 0 Å². The molecule has 2 saturated heterocycles. The maximum Gasteiger partial charge on any atom is 0.212 e. The van der Waals surface area contributed by atoms with Crippen molar-refractivity contribution in [3.8, 4) is 5.88 Å². The van der Waals surface area contributed by atoms with Crippen molar-refractivity contribution in [2.45, 2.75) is 32.5 Å². The van der Waals surface area contributed by atoms with E-state index >= 15 is 0 Å². The number of piperazine rings is 1. The second-order valence-corrected chi connectivity index (χ2v) is 4.63. The van der Waals surface area contributed by atoms with Crippen molar-refractivity contribution in [3.05, 3.63) is 23.9 Å². The summed E-state index contributed by atoms with van der Waals surface area (Å²) in [5, 5.41) is 3.51. The van der Waals surface area contributed by atoms with E-state index < -0.39 is 0 Å². The van der Waals surface area contributed by atoms with E-state index in [9.17, 15) is 0 Å². The monoisotopic (exact) mass is 235 g/mol. The van der Waals surface area contributed by atoms with Gasteiger partial charge in [0.05, 0.1) is 7.11 Å². The Hall–Kier alpha value is -1.13. The van der Waals surface area contributed by atoms with Crippen LogP contribution in [0, 0.1) is 0 Å². The summed E-state index contributed by atoms with van der Waals surface area (Å²) in [6.45, 7) is 3.34. The summed E-state index contributed by atoms with van der Waals surface area (Å²) >= 11 is 0. The number of rotatable bonds is 3.